The summed E-state index contributed by atoms with van der Waals surface area (Å²) in [6.45, 7) is 0. The Morgan fingerprint density at radius 2 is 1.62 bits per heavy atom. The summed E-state index contributed by atoms with van der Waals surface area (Å²) in [5.74, 6) is -11.4. The minimum atomic E-state index is -4.91. The molecular formula is C29H26ClF3N4O10. The molecule has 0 spiro atoms. The predicted molar refractivity (Wildman–Crippen MR) is 156 cm³/mol. The molecule has 0 bridgehead atoms. The van der Waals surface area contributed by atoms with Crippen LogP contribution in [0.2, 0.25) is 5.02 Å². The van der Waals surface area contributed by atoms with E-state index in [4.69, 9.17) is 17.3 Å². The molecule has 3 aliphatic rings. The molecule has 0 radical (unpaired) electrons. The first kappa shape index (κ1) is 33.7. The number of Topliss-reactive ketones (excluding diaryl/α,β-unsaturated/α-hetero) is 2. The van der Waals surface area contributed by atoms with Gasteiger partial charge in [0.1, 0.15) is 22.8 Å². The van der Waals surface area contributed by atoms with Gasteiger partial charge in [0.05, 0.1) is 46.7 Å². The van der Waals surface area contributed by atoms with Crippen LogP contribution in [0.25, 0.3) is 5.76 Å². The largest absolute Gasteiger partial charge is 0.508 e. The number of halogens is 4. The molecule has 5 rings (SSSR count). The van der Waals surface area contributed by atoms with Crippen LogP contribution in [0.4, 0.5) is 29.3 Å². The summed E-state index contributed by atoms with van der Waals surface area (Å²) in [5, 5.41) is 71.6. The molecule has 250 valence electrons. The van der Waals surface area contributed by atoms with E-state index in [0.29, 0.717) is 6.07 Å². The second kappa shape index (κ2) is 11.2. The van der Waals surface area contributed by atoms with Crippen molar-refractivity contribution in [1.29, 1.82) is 0 Å². The van der Waals surface area contributed by atoms with Gasteiger partial charge in [-0.2, -0.15) is 13.2 Å². The minimum Gasteiger partial charge on any atom is -0.508 e. The van der Waals surface area contributed by atoms with E-state index in [1.807, 2.05) is 5.32 Å². The molecule has 18 heteroatoms. The standard InChI is InChI=1S/C29H26ClF3N4O10/c1-37(2)18-17-22(41)14-15(24(43)28(17,47)25(44)16(23(18)42)26(34)45)21(40)13-9(19(14)38)4-6-12(20(13)39)36-27(46)35-11-5-3-8(30)7-10(11)29(31,32)33/h3-7,14,17-19,22,38-41,44,47H,1-2H3,(H2,34,45)(H2,35,36,46)/t14-,17+,18-,19-,22?,28-/m0/s1. The van der Waals surface area contributed by atoms with Crippen LogP contribution in [0.3, 0.4) is 0 Å². The topological polar surface area (TPSA) is 243 Å². The molecule has 0 saturated heterocycles. The number of aliphatic hydroxyl groups excluding tert-OH is 4. The number of primary amides is 1. The van der Waals surface area contributed by atoms with Crippen LogP contribution in [0.1, 0.15) is 22.8 Å². The van der Waals surface area contributed by atoms with E-state index in [1.54, 1.807) is 0 Å². The number of hydrogen-bond acceptors (Lipinski definition) is 11. The Hall–Kier alpha value is -4.68. The van der Waals surface area contributed by atoms with Gasteiger partial charge in [0.15, 0.2) is 11.4 Å². The average Bonchev–Trinajstić information content (AvgIpc) is 2.96. The van der Waals surface area contributed by atoms with Gasteiger partial charge in [-0.25, -0.2) is 4.79 Å². The quantitative estimate of drug-likeness (QED) is 0.166. The first-order chi connectivity index (χ1) is 21.7. The van der Waals surface area contributed by atoms with Crippen molar-refractivity contribution in [3.05, 3.63) is 69.0 Å². The number of alkyl halides is 3. The fraction of sp³-hybridized carbons (Fsp3) is 0.310. The Balaban J connectivity index is 1.60. The lowest BCUT2D eigenvalue weighted by Gasteiger charge is -2.53. The lowest BCUT2D eigenvalue weighted by Crippen LogP contribution is -2.70. The van der Waals surface area contributed by atoms with Crippen LogP contribution in [0.15, 0.2) is 47.2 Å². The zero-order valence-electron chi connectivity index (χ0n) is 24.1. The number of urea groups is 1. The molecule has 0 aliphatic heterocycles. The zero-order chi connectivity index (χ0) is 35.1. The summed E-state index contributed by atoms with van der Waals surface area (Å²) in [6.07, 6.45) is -8.89. The van der Waals surface area contributed by atoms with Crippen LogP contribution in [-0.4, -0.2) is 90.9 Å². The van der Waals surface area contributed by atoms with Gasteiger partial charge >= 0.3 is 12.2 Å². The molecule has 14 nitrogen and oxygen atoms in total. The number of nitrogens with two attached hydrogens (primary N) is 1. The number of carbonyl (C=O) groups is 4. The molecule has 47 heavy (non-hydrogen) atoms. The number of phenols is 1. The number of nitrogens with zero attached hydrogens (tertiary/aromatic N) is 1. The summed E-state index contributed by atoms with van der Waals surface area (Å²) >= 11 is 5.65. The molecular weight excluding hydrogens is 657 g/mol. The van der Waals surface area contributed by atoms with Crippen LogP contribution >= 0.6 is 11.6 Å². The number of aliphatic hydroxyl groups is 5. The van der Waals surface area contributed by atoms with Crippen LogP contribution in [-0.2, 0) is 20.6 Å². The Bertz CT molecular complexity index is 1830. The lowest BCUT2D eigenvalue weighted by atomic mass is 9.55. The fourth-order valence-corrected chi connectivity index (χ4v) is 6.69. The number of rotatable bonds is 4. The van der Waals surface area contributed by atoms with E-state index in [2.05, 4.69) is 5.32 Å². The highest BCUT2D eigenvalue weighted by Crippen LogP contribution is 2.56. The average molecular weight is 683 g/mol. The highest BCUT2D eigenvalue weighted by molar-refractivity contribution is 6.30. The summed E-state index contributed by atoms with van der Waals surface area (Å²) in [5.41, 5.74) is -3.50. The molecule has 6 atom stereocenters. The monoisotopic (exact) mass is 682 g/mol. The molecule has 2 aromatic rings. The van der Waals surface area contributed by atoms with Gasteiger partial charge in [-0.3, -0.25) is 19.3 Å². The van der Waals surface area contributed by atoms with Crippen molar-refractivity contribution in [3.8, 4) is 5.75 Å². The van der Waals surface area contributed by atoms with Crippen molar-refractivity contribution >= 4 is 52.2 Å². The highest BCUT2D eigenvalue weighted by Gasteiger charge is 2.68. The van der Waals surface area contributed by atoms with E-state index in [9.17, 15) is 63.0 Å². The third-order valence-electron chi connectivity index (χ3n) is 8.54. The first-order valence-electron chi connectivity index (χ1n) is 13.6. The van der Waals surface area contributed by atoms with Crippen LogP contribution in [0.5, 0.6) is 5.75 Å². The fourth-order valence-electron chi connectivity index (χ4n) is 6.52. The Labute approximate surface area is 267 Å². The number of phenolic OH excluding ortho intramolecular Hbond substituents is 1. The van der Waals surface area contributed by atoms with Crippen molar-refractivity contribution in [2.24, 2.45) is 17.6 Å². The third-order valence-corrected chi connectivity index (χ3v) is 8.78. The number of anilines is 2. The number of nitrogens with one attached hydrogen (secondary N) is 2. The number of likely N-dealkylation sites (N-methyl/N-ethyl adjacent to an activating group) is 1. The Morgan fingerprint density at radius 3 is 2.19 bits per heavy atom. The molecule has 1 fully saturated rings. The Kier molecular flexibility index (Phi) is 8.05. The van der Waals surface area contributed by atoms with E-state index in [0.717, 1.165) is 29.2 Å². The third kappa shape index (κ3) is 4.97. The summed E-state index contributed by atoms with van der Waals surface area (Å²) in [6, 6.07) is 1.69. The van der Waals surface area contributed by atoms with Gasteiger partial charge in [-0.1, -0.05) is 17.7 Å². The number of amides is 3. The number of aromatic hydroxyl groups is 1. The van der Waals surface area contributed by atoms with E-state index in [-0.39, 0.29) is 10.6 Å². The molecule has 0 aromatic heterocycles. The van der Waals surface area contributed by atoms with Gasteiger partial charge in [0, 0.05) is 16.5 Å². The second-order valence-electron chi connectivity index (χ2n) is 11.4. The van der Waals surface area contributed by atoms with Crippen molar-refractivity contribution in [2.75, 3.05) is 24.7 Å². The molecule has 10 N–H and O–H groups in total. The summed E-state index contributed by atoms with van der Waals surface area (Å²) < 4.78 is 40.4. The SMILES string of the molecule is CN(C)[C@@H]1C(=O)C(C(N)=O)=C(O)[C@@]2(O)C(=O)C3=C(O)c4c(ccc(NC(=O)Nc5ccc(Cl)cc5C(F)(F)F)c4O)[C@H](O)[C@H]3C(O)[C@@H]12. The maximum absolute atomic E-state index is 14.0. The summed E-state index contributed by atoms with van der Waals surface area (Å²) in [7, 11) is 2.63. The smallest absolute Gasteiger partial charge is 0.418 e. The van der Waals surface area contributed by atoms with E-state index in [1.165, 1.54) is 14.1 Å². The van der Waals surface area contributed by atoms with Crippen molar-refractivity contribution < 1.29 is 63.0 Å². The van der Waals surface area contributed by atoms with E-state index >= 15 is 0 Å². The van der Waals surface area contributed by atoms with Crippen molar-refractivity contribution in [3.63, 3.8) is 0 Å². The maximum atomic E-state index is 14.0. The molecule has 1 unspecified atom stereocenters. The van der Waals surface area contributed by atoms with Crippen molar-refractivity contribution in [2.45, 2.75) is 30.0 Å². The number of benzene rings is 2. The summed E-state index contributed by atoms with van der Waals surface area (Å²) in [4.78, 5) is 53.1. The number of ketones is 2. The zero-order valence-corrected chi connectivity index (χ0v) is 24.9. The second-order valence-corrected chi connectivity index (χ2v) is 11.8. The molecule has 3 aliphatic carbocycles. The van der Waals surface area contributed by atoms with Crippen LogP contribution in [0, 0.1) is 11.8 Å². The molecule has 1 saturated carbocycles. The van der Waals surface area contributed by atoms with Gasteiger partial charge in [-0.15, -0.1) is 0 Å². The molecule has 2 aromatic carbocycles. The number of carbonyl (C=O) groups excluding carboxylic acids is 4. The molecule has 0 heterocycles. The predicted octanol–water partition coefficient (Wildman–Crippen LogP) is 1.74. The van der Waals surface area contributed by atoms with Crippen molar-refractivity contribution in [1.82, 2.24) is 4.90 Å². The maximum Gasteiger partial charge on any atom is 0.418 e. The van der Waals surface area contributed by atoms with Gasteiger partial charge < -0.3 is 47.0 Å². The molecule has 3 amide bonds. The first-order valence-corrected chi connectivity index (χ1v) is 13.9. The van der Waals surface area contributed by atoms with Gasteiger partial charge in [0.25, 0.3) is 5.91 Å². The minimum absolute atomic E-state index is 0.263. The normalized spacial score (nSPS) is 27.3. The Morgan fingerprint density at radius 1 is 1.02 bits per heavy atom. The van der Waals surface area contributed by atoms with Crippen LogP contribution < -0.4 is 16.4 Å². The van der Waals surface area contributed by atoms with E-state index < -0.39 is 116 Å². The highest BCUT2D eigenvalue weighted by atomic mass is 35.5. The lowest BCUT2D eigenvalue weighted by molar-refractivity contribution is -0.174. The number of fused-ring (bicyclic) bond motifs is 3. The number of hydrogen-bond donors (Lipinski definition) is 9. The van der Waals surface area contributed by atoms with Gasteiger partial charge in [0.2, 0.25) is 5.78 Å². The van der Waals surface area contributed by atoms with Gasteiger partial charge in [-0.05, 0) is 43.9 Å².